The van der Waals surface area contributed by atoms with Gasteiger partial charge in [0.05, 0.1) is 0 Å². The van der Waals surface area contributed by atoms with Crippen LogP contribution in [-0.2, 0) is 0 Å². The molecule has 1 heteroatoms. The third-order valence-corrected chi connectivity index (χ3v) is 4.92. The Labute approximate surface area is 53.4 Å². The van der Waals surface area contributed by atoms with Crippen molar-refractivity contribution in [3.8, 4) is 0 Å². The predicted molar refractivity (Wildman–Crippen MR) is 47.5 cm³/mol. The summed E-state index contributed by atoms with van der Waals surface area (Å²) in [4.78, 5) is 1.56. The average Bonchev–Trinajstić information content (AvgIpc) is 1.67. The van der Waals surface area contributed by atoms with Gasteiger partial charge in [-0.1, -0.05) is 10.2 Å². The fraction of sp³-hybridized carbons (Fsp3) is 0.714. The van der Waals surface area contributed by atoms with Gasteiger partial charge < -0.3 is 0 Å². The topological polar surface area (TPSA) is 0 Å². The second-order valence-corrected chi connectivity index (χ2v) is 6.65. The van der Waals surface area contributed by atoms with Crippen LogP contribution in [0.2, 0.25) is 0 Å². The summed E-state index contributed by atoms with van der Waals surface area (Å²) in [6, 6.07) is 0. The van der Waals surface area contributed by atoms with Gasteiger partial charge in [0.1, 0.15) is 0 Å². The Bertz CT molecular complexity index is 167. The zero-order valence-corrected chi connectivity index (χ0v) is 7.30. The molecule has 8 heavy (non-hydrogen) atoms. The Morgan fingerprint density at radius 2 is 1.62 bits per heavy atom. The van der Waals surface area contributed by atoms with Crippen molar-refractivity contribution < 1.29 is 0 Å². The molecule has 0 aromatic rings. The summed E-state index contributed by atoms with van der Waals surface area (Å²) in [5, 5.41) is 2.31. The van der Waals surface area contributed by atoms with E-state index in [0.29, 0.717) is 0 Å². The third kappa shape index (κ3) is 1.91. The first-order chi connectivity index (χ1) is 3.50. The van der Waals surface area contributed by atoms with E-state index in [-0.39, 0.29) is 0 Å². The zero-order chi connectivity index (χ0) is 6.78. The lowest BCUT2D eigenvalue weighted by molar-refractivity contribution is 1.84. The lowest BCUT2D eigenvalue weighted by atomic mass is 10.6. The van der Waals surface area contributed by atoms with Crippen molar-refractivity contribution in [3.05, 3.63) is 0 Å². The molecule has 0 N–H and O–H groups in total. The van der Waals surface area contributed by atoms with E-state index >= 15 is 0 Å². The van der Waals surface area contributed by atoms with Gasteiger partial charge in [-0.15, -0.1) is 0 Å². The molecule has 0 saturated carbocycles. The van der Waals surface area contributed by atoms with E-state index in [0.717, 1.165) is 0 Å². The maximum atomic E-state index is 2.31. The SMILES string of the molecule is CC=S(C)(C)=C(C)C. The molecule has 0 aliphatic heterocycles. The quantitative estimate of drug-likeness (QED) is 0.443. The van der Waals surface area contributed by atoms with Gasteiger partial charge >= 0.3 is 0 Å². The molecule has 0 rings (SSSR count). The molecule has 0 nitrogen and oxygen atoms in total. The van der Waals surface area contributed by atoms with E-state index < -0.39 is 9.21 Å². The van der Waals surface area contributed by atoms with E-state index in [1.54, 1.807) is 4.86 Å². The molecule has 0 spiro atoms. The maximum Gasteiger partial charge on any atom is -0.0281 e. The molecule has 0 atom stereocenters. The highest BCUT2D eigenvalue weighted by Crippen LogP contribution is 2.13. The van der Waals surface area contributed by atoms with Crippen LogP contribution in [0.4, 0.5) is 0 Å². The van der Waals surface area contributed by atoms with Crippen molar-refractivity contribution in [2.24, 2.45) is 0 Å². The van der Waals surface area contributed by atoms with Gasteiger partial charge in [-0.25, -0.2) is 9.21 Å². The summed E-state index contributed by atoms with van der Waals surface area (Å²) in [5.41, 5.74) is 0. The first-order valence-electron chi connectivity index (χ1n) is 2.83. The molecular formula is C7H16S. The van der Waals surface area contributed by atoms with Gasteiger partial charge in [0.15, 0.2) is 0 Å². The lowest BCUT2D eigenvalue weighted by Crippen LogP contribution is -1.86. The van der Waals surface area contributed by atoms with Crippen LogP contribution >= 0.6 is 9.21 Å². The van der Waals surface area contributed by atoms with Crippen molar-refractivity contribution in [1.82, 2.24) is 0 Å². The fourth-order valence-corrected chi connectivity index (χ4v) is 0.707. The van der Waals surface area contributed by atoms with Crippen molar-refractivity contribution in [1.29, 1.82) is 0 Å². The molecule has 0 saturated heterocycles. The Morgan fingerprint density at radius 1 is 1.25 bits per heavy atom. The van der Waals surface area contributed by atoms with Crippen LogP contribution in [0.1, 0.15) is 20.8 Å². The van der Waals surface area contributed by atoms with Crippen molar-refractivity contribution in [2.75, 3.05) is 12.5 Å². The molecule has 50 valence electrons. The second kappa shape index (κ2) is 2.58. The molecule has 0 bridgehead atoms. The highest BCUT2D eigenvalue weighted by Gasteiger charge is 1.84. The van der Waals surface area contributed by atoms with E-state index in [4.69, 9.17) is 0 Å². The molecule has 0 aliphatic rings. The Morgan fingerprint density at radius 3 is 1.62 bits per heavy atom. The van der Waals surface area contributed by atoms with E-state index in [1.165, 1.54) is 0 Å². The fourth-order valence-electron chi connectivity index (χ4n) is 0.236. The highest BCUT2D eigenvalue weighted by molar-refractivity contribution is 8.29. The minimum absolute atomic E-state index is 0.444. The third-order valence-electron chi connectivity index (χ3n) is 1.64. The second-order valence-electron chi connectivity index (χ2n) is 2.55. The van der Waals surface area contributed by atoms with Crippen LogP contribution in [0.15, 0.2) is 0 Å². The van der Waals surface area contributed by atoms with Crippen LogP contribution in [-0.4, -0.2) is 22.7 Å². The average molecular weight is 132 g/mol. The summed E-state index contributed by atoms with van der Waals surface area (Å²) < 4.78 is 0. The summed E-state index contributed by atoms with van der Waals surface area (Å²) in [6.45, 7) is 6.55. The standard InChI is InChI=1S/C7H16S/c1-6-8(4,5)7(2)3/h6H,1-5H3. The predicted octanol–water partition coefficient (Wildman–Crippen LogP) is 2.08. The number of rotatable bonds is 0. The van der Waals surface area contributed by atoms with Crippen LogP contribution < -0.4 is 0 Å². The van der Waals surface area contributed by atoms with Crippen molar-refractivity contribution in [3.63, 3.8) is 0 Å². The lowest BCUT2D eigenvalue weighted by Gasteiger charge is -2.04. The van der Waals surface area contributed by atoms with Gasteiger partial charge in [-0.2, -0.15) is 0 Å². The minimum Gasteiger partial charge on any atom is -0.212 e. The summed E-state index contributed by atoms with van der Waals surface area (Å²) in [7, 11) is -0.444. The summed E-state index contributed by atoms with van der Waals surface area (Å²) in [6.07, 6.45) is 4.62. The zero-order valence-electron chi connectivity index (χ0n) is 6.49. The molecule has 0 fully saturated rings. The molecule has 0 radical (unpaired) electrons. The van der Waals surface area contributed by atoms with Crippen molar-refractivity contribution in [2.45, 2.75) is 20.8 Å². The molecule has 0 unspecified atom stereocenters. The summed E-state index contributed by atoms with van der Waals surface area (Å²) >= 11 is 0. The minimum atomic E-state index is -0.444. The largest absolute Gasteiger partial charge is 0.212 e. The molecule has 0 aromatic carbocycles. The number of hydrogen-bond donors (Lipinski definition) is 0. The van der Waals surface area contributed by atoms with E-state index in [2.05, 4.69) is 38.7 Å². The number of hydrogen-bond acceptors (Lipinski definition) is 0. The highest BCUT2D eigenvalue weighted by atomic mass is 32.2. The van der Waals surface area contributed by atoms with Gasteiger partial charge in [-0.05, 0) is 33.3 Å². The van der Waals surface area contributed by atoms with Crippen LogP contribution in [0, 0.1) is 0 Å². The maximum absolute atomic E-state index is 2.31. The first-order valence-corrected chi connectivity index (χ1v) is 5.35. The molecule has 0 amide bonds. The Balaban J connectivity index is 4.94. The van der Waals surface area contributed by atoms with Gasteiger partial charge in [0.2, 0.25) is 0 Å². The van der Waals surface area contributed by atoms with Gasteiger partial charge in [0, 0.05) is 0 Å². The van der Waals surface area contributed by atoms with Crippen LogP contribution in [0.25, 0.3) is 0 Å². The normalized spacial score (nSPS) is 11.1. The van der Waals surface area contributed by atoms with E-state index in [1.807, 2.05) is 0 Å². The van der Waals surface area contributed by atoms with Gasteiger partial charge in [0.25, 0.3) is 0 Å². The first kappa shape index (κ1) is 8.09. The molecular weight excluding hydrogens is 116 g/mol. The van der Waals surface area contributed by atoms with Crippen LogP contribution in [0.3, 0.4) is 0 Å². The Hall–Kier alpha value is 0.0900. The molecule has 0 heterocycles. The molecule has 0 aliphatic carbocycles. The van der Waals surface area contributed by atoms with Crippen LogP contribution in [0.5, 0.6) is 0 Å². The molecule has 0 aromatic heterocycles. The van der Waals surface area contributed by atoms with Gasteiger partial charge in [-0.3, -0.25) is 0 Å². The van der Waals surface area contributed by atoms with Crippen molar-refractivity contribution >= 4 is 19.4 Å². The van der Waals surface area contributed by atoms with E-state index in [9.17, 15) is 0 Å². The Kier molecular flexibility index (Phi) is 2.61. The summed E-state index contributed by atoms with van der Waals surface area (Å²) in [5.74, 6) is 0. The monoisotopic (exact) mass is 132 g/mol. The smallest absolute Gasteiger partial charge is 0.0281 e.